The molecule has 8 heteroatoms. The van der Waals surface area contributed by atoms with E-state index in [0.717, 1.165) is 30.5 Å². The lowest BCUT2D eigenvalue weighted by atomic mass is 10.0. The summed E-state index contributed by atoms with van der Waals surface area (Å²) in [5.41, 5.74) is 2.95. The average Bonchev–Trinajstić information content (AvgIpc) is 3.39. The molecular weight excluding hydrogens is 427 g/mol. The van der Waals surface area contributed by atoms with E-state index in [1.165, 1.54) is 17.8 Å². The summed E-state index contributed by atoms with van der Waals surface area (Å²) in [5.74, 6) is 0.184. The number of thioether (sulfide) groups is 1. The van der Waals surface area contributed by atoms with E-state index < -0.39 is 0 Å². The van der Waals surface area contributed by atoms with Crippen molar-refractivity contribution in [3.8, 4) is 11.4 Å². The summed E-state index contributed by atoms with van der Waals surface area (Å²) in [6, 6.07) is 12.3. The fraction of sp³-hybridized carbons (Fsp3) is 0.333. The zero-order chi connectivity index (χ0) is 22.4. The van der Waals surface area contributed by atoms with Gasteiger partial charge in [-0.15, -0.1) is 10.2 Å². The third-order valence-corrected chi connectivity index (χ3v) is 7.04. The molecule has 2 aromatic carbocycles. The van der Waals surface area contributed by atoms with Gasteiger partial charge in [0.25, 0.3) is 0 Å². The molecule has 1 unspecified atom stereocenters. The summed E-state index contributed by atoms with van der Waals surface area (Å²) >= 11 is 1.35. The van der Waals surface area contributed by atoms with Crippen LogP contribution >= 0.6 is 11.8 Å². The molecule has 1 saturated carbocycles. The number of amides is 1. The Kier molecular flexibility index (Phi) is 5.33. The first-order valence-corrected chi connectivity index (χ1v) is 11.6. The van der Waals surface area contributed by atoms with Gasteiger partial charge in [-0.05, 0) is 62.1 Å². The molecule has 0 saturated heterocycles. The number of benzene rings is 2. The van der Waals surface area contributed by atoms with Crippen molar-refractivity contribution in [1.82, 2.24) is 14.8 Å². The number of rotatable bonds is 6. The molecular formula is C24H23FN4O2S. The molecule has 6 nitrogen and oxygen atoms in total. The number of carbonyl (C=O) groups excluding carboxylic acids is 2. The molecule has 32 heavy (non-hydrogen) atoms. The molecule has 0 radical (unpaired) electrons. The lowest BCUT2D eigenvalue weighted by Gasteiger charge is -2.16. The van der Waals surface area contributed by atoms with Crippen LogP contribution in [-0.2, 0) is 11.2 Å². The van der Waals surface area contributed by atoms with E-state index in [9.17, 15) is 14.0 Å². The second kappa shape index (κ2) is 8.16. The molecule has 5 rings (SSSR count). The first-order valence-electron chi connectivity index (χ1n) is 10.8. The molecule has 0 spiro atoms. The SMILES string of the molecule is CC(=O)N1CCc2cc(C(=O)C(C)Sc3nnc(-c4ccccc4F)n3C3CC3)ccc21. The van der Waals surface area contributed by atoms with Crippen LogP contribution in [-0.4, -0.2) is 38.2 Å². The zero-order valence-corrected chi connectivity index (χ0v) is 18.7. The van der Waals surface area contributed by atoms with E-state index in [1.54, 1.807) is 36.1 Å². The summed E-state index contributed by atoms with van der Waals surface area (Å²) in [6.07, 6.45) is 2.74. The lowest BCUT2D eigenvalue weighted by Crippen LogP contribution is -2.25. The molecule has 0 N–H and O–H groups in total. The molecule has 2 aliphatic rings. The van der Waals surface area contributed by atoms with Crippen molar-refractivity contribution in [2.75, 3.05) is 11.4 Å². The summed E-state index contributed by atoms with van der Waals surface area (Å²) < 4.78 is 16.4. The van der Waals surface area contributed by atoms with Gasteiger partial charge < -0.3 is 4.90 Å². The fourth-order valence-corrected chi connectivity index (χ4v) is 5.17. The highest BCUT2D eigenvalue weighted by atomic mass is 32.2. The minimum Gasteiger partial charge on any atom is -0.312 e. The van der Waals surface area contributed by atoms with Gasteiger partial charge in [-0.3, -0.25) is 14.2 Å². The number of hydrogen-bond donors (Lipinski definition) is 0. The van der Waals surface area contributed by atoms with E-state index >= 15 is 0 Å². The van der Waals surface area contributed by atoms with Gasteiger partial charge in [0.15, 0.2) is 16.8 Å². The van der Waals surface area contributed by atoms with Gasteiger partial charge in [-0.25, -0.2) is 4.39 Å². The van der Waals surface area contributed by atoms with E-state index in [1.807, 2.05) is 23.6 Å². The van der Waals surface area contributed by atoms with Gasteiger partial charge in [-0.1, -0.05) is 23.9 Å². The molecule has 1 atom stereocenters. The smallest absolute Gasteiger partial charge is 0.223 e. The number of Topliss-reactive ketones (excluding diaryl/α,β-unsaturated/α-hetero) is 1. The van der Waals surface area contributed by atoms with E-state index in [2.05, 4.69) is 10.2 Å². The Hall–Kier alpha value is -3.00. The third-order valence-electron chi connectivity index (χ3n) is 5.98. The zero-order valence-electron chi connectivity index (χ0n) is 17.9. The first kappa shape index (κ1) is 20.9. The Bertz CT molecular complexity index is 1220. The number of anilines is 1. The second-order valence-electron chi connectivity index (χ2n) is 8.28. The minimum atomic E-state index is -0.381. The van der Waals surface area contributed by atoms with Crippen molar-refractivity contribution in [3.05, 3.63) is 59.4 Å². The molecule has 0 bridgehead atoms. The minimum absolute atomic E-state index is 0.00290. The standard InChI is InChI=1S/C24H23FN4O2S/c1-14(22(31)17-7-10-21-16(13-17)11-12-28(21)15(2)30)32-24-27-26-23(29(24)18-8-9-18)19-5-3-4-6-20(19)25/h3-7,10,13-14,18H,8-9,11-12H2,1-2H3. The van der Waals surface area contributed by atoms with Crippen LogP contribution in [0.15, 0.2) is 47.6 Å². The largest absolute Gasteiger partial charge is 0.312 e. The van der Waals surface area contributed by atoms with Crippen LogP contribution in [0.25, 0.3) is 11.4 Å². The Balaban J connectivity index is 1.39. The third kappa shape index (κ3) is 3.72. The summed E-state index contributed by atoms with van der Waals surface area (Å²) in [5, 5.41) is 8.83. The average molecular weight is 451 g/mol. The van der Waals surface area contributed by atoms with Crippen LogP contribution in [0.3, 0.4) is 0 Å². The van der Waals surface area contributed by atoms with E-state index in [4.69, 9.17) is 0 Å². The van der Waals surface area contributed by atoms with Crippen molar-refractivity contribution >= 4 is 29.1 Å². The molecule has 164 valence electrons. The molecule has 1 aromatic heterocycles. The topological polar surface area (TPSA) is 68.1 Å². The van der Waals surface area contributed by atoms with Gasteiger partial charge in [-0.2, -0.15) is 0 Å². The van der Waals surface area contributed by atoms with Crippen molar-refractivity contribution in [3.63, 3.8) is 0 Å². The van der Waals surface area contributed by atoms with Crippen molar-refractivity contribution < 1.29 is 14.0 Å². The summed E-state index contributed by atoms with van der Waals surface area (Å²) in [6.45, 7) is 4.06. The Morgan fingerprint density at radius 2 is 1.94 bits per heavy atom. The van der Waals surface area contributed by atoms with Gasteiger partial charge in [0.05, 0.1) is 10.8 Å². The van der Waals surface area contributed by atoms with Gasteiger partial charge >= 0.3 is 0 Å². The van der Waals surface area contributed by atoms with Crippen LogP contribution in [0.4, 0.5) is 10.1 Å². The van der Waals surface area contributed by atoms with E-state index in [-0.39, 0.29) is 28.8 Å². The fourth-order valence-electron chi connectivity index (χ4n) is 4.17. The number of fused-ring (bicyclic) bond motifs is 1. The first-order chi connectivity index (χ1) is 15.4. The van der Waals surface area contributed by atoms with Gasteiger partial charge in [0.2, 0.25) is 5.91 Å². The van der Waals surface area contributed by atoms with Crippen LogP contribution in [0.5, 0.6) is 0 Å². The highest BCUT2D eigenvalue weighted by Crippen LogP contribution is 2.42. The number of nitrogens with zero attached hydrogens (tertiary/aromatic N) is 4. The van der Waals surface area contributed by atoms with Gasteiger partial charge in [0.1, 0.15) is 5.82 Å². The van der Waals surface area contributed by atoms with Crippen molar-refractivity contribution in [1.29, 1.82) is 0 Å². The molecule has 1 fully saturated rings. The highest BCUT2D eigenvalue weighted by molar-refractivity contribution is 8.00. The quantitative estimate of drug-likeness (QED) is 0.403. The maximum absolute atomic E-state index is 14.4. The molecule has 1 amide bonds. The number of aromatic nitrogens is 3. The Morgan fingerprint density at radius 3 is 2.66 bits per heavy atom. The predicted molar refractivity (Wildman–Crippen MR) is 122 cm³/mol. The van der Waals surface area contributed by atoms with E-state index in [0.29, 0.717) is 28.7 Å². The maximum Gasteiger partial charge on any atom is 0.223 e. The van der Waals surface area contributed by atoms with Crippen molar-refractivity contribution in [2.24, 2.45) is 0 Å². The normalized spacial score (nSPS) is 16.2. The number of ketones is 1. The lowest BCUT2D eigenvalue weighted by molar-refractivity contribution is -0.116. The Labute approximate surface area is 189 Å². The van der Waals surface area contributed by atoms with Gasteiger partial charge in [0, 0.05) is 30.8 Å². The molecule has 3 aromatic rings. The maximum atomic E-state index is 14.4. The Morgan fingerprint density at radius 1 is 1.16 bits per heavy atom. The molecule has 1 aliphatic heterocycles. The van der Waals surface area contributed by atoms with Crippen LogP contribution in [0.2, 0.25) is 0 Å². The monoisotopic (exact) mass is 450 g/mol. The second-order valence-corrected chi connectivity index (χ2v) is 9.58. The predicted octanol–water partition coefficient (Wildman–Crippen LogP) is 4.69. The molecule has 1 aliphatic carbocycles. The van der Waals surface area contributed by atoms with Crippen molar-refractivity contribution in [2.45, 2.75) is 49.6 Å². The van der Waals surface area contributed by atoms with Crippen LogP contribution in [0.1, 0.15) is 48.7 Å². The van der Waals surface area contributed by atoms with Crippen LogP contribution in [0, 0.1) is 5.82 Å². The summed E-state index contributed by atoms with van der Waals surface area (Å²) in [4.78, 5) is 26.7. The van der Waals surface area contributed by atoms with Crippen LogP contribution < -0.4 is 4.90 Å². The number of halogens is 1. The number of hydrogen-bond acceptors (Lipinski definition) is 5. The molecule has 2 heterocycles. The number of carbonyl (C=O) groups is 2. The summed E-state index contributed by atoms with van der Waals surface area (Å²) in [7, 11) is 0. The highest BCUT2D eigenvalue weighted by Gasteiger charge is 2.32.